The number of rotatable bonds is 3. The standard InChI is InChI=1S/C17H23N3O2/c1-12-4-6-14(7-5-12)20-11-13(9-16(20)21)17(22)19-8-2-3-15(19)10-18/h4-7,13,15H,2-3,8-11,18H2,1H3. The molecule has 2 aliphatic rings. The lowest BCUT2D eigenvalue weighted by Gasteiger charge is -2.26. The van der Waals surface area contributed by atoms with Gasteiger partial charge in [-0.2, -0.15) is 0 Å². The number of hydrogen-bond acceptors (Lipinski definition) is 3. The smallest absolute Gasteiger partial charge is 0.228 e. The van der Waals surface area contributed by atoms with Crippen LogP contribution in [0.5, 0.6) is 0 Å². The number of nitrogens with two attached hydrogens (primary N) is 1. The third-order valence-electron chi connectivity index (χ3n) is 4.75. The van der Waals surface area contributed by atoms with Crippen LogP contribution in [-0.2, 0) is 9.59 Å². The van der Waals surface area contributed by atoms with E-state index in [1.165, 1.54) is 0 Å². The van der Waals surface area contributed by atoms with Gasteiger partial charge in [-0.25, -0.2) is 0 Å². The van der Waals surface area contributed by atoms with Crippen molar-refractivity contribution >= 4 is 17.5 Å². The molecule has 5 nitrogen and oxygen atoms in total. The SMILES string of the molecule is Cc1ccc(N2CC(C(=O)N3CCCC3CN)CC2=O)cc1. The molecule has 2 heterocycles. The monoisotopic (exact) mass is 301 g/mol. The molecule has 2 unspecified atom stereocenters. The highest BCUT2D eigenvalue weighted by atomic mass is 16.2. The zero-order chi connectivity index (χ0) is 15.7. The van der Waals surface area contributed by atoms with E-state index in [2.05, 4.69) is 0 Å². The van der Waals surface area contributed by atoms with Crippen molar-refractivity contribution in [3.63, 3.8) is 0 Å². The zero-order valence-corrected chi connectivity index (χ0v) is 13.0. The lowest BCUT2D eigenvalue weighted by Crippen LogP contribution is -2.43. The van der Waals surface area contributed by atoms with Crippen molar-refractivity contribution in [1.29, 1.82) is 0 Å². The Morgan fingerprint density at radius 3 is 2.73 bits per heavy atom. The number of benzene rings is 1. The average molecular weight is 301 g/mol. The first-order valence-corrected chi connectivity index (χ1v) is 7.97. The molecule has 1 aromatic rings. The number of carbonyl (C=O) groups is 2. The van der Waals surface area contributed by atoms with Crippen molar-refractivity contribution in [2.45, 2.75) is 32.2 Å². The molecule has 2 N–H and O–H groups in total. The van der Waals surface area contributed by atoms with Crippen LogP contribution in [0.2, 0.25) is 0 Å². The van der Waals surface area contributed by atoms with Crippen molar-refractivity contribution in [3.05, 3.63) is 29.8 Å². The van der Waals surface area contributed by atoms with Gasteiger partial charge in [0.1, 0.15) is 0 Å². The van der Waals surface area contributed by atoms with E-state index in [1.807, 2.05) is 36.1 Å². The van der Waals surface area contributed by atoms with Crippen molar-refractivity contribution in [2.75, 3.05) is 24.5 Å². The summed E-state index contributed by atoms with van der Waals surface area (Å²) < 4.78 is 0. The summed E-state index contributed by atoms with van der Waals surface area (Å²) in [7, 11) is 0. The summed E-state index contributed by atoms with van der Waals surface area (Å²) in [6.45, 7) is 3.78. The highest BCUT2D eigenvalue weighted by molar-refractivity contribution is 6.00. The first-order chi connectivity index (χ1) is 10.6. The van der Waals surface area contributed by atoms with Crippen LogP contribution >= 0.6 is 0 Å². The van der Waals surface area contributed by atoms with Crippen LogP contribution in [0.15, 0.2) is 24.3 Å². The minimum Gasteiger partial charge on any atom is -0.338 e. The number of carbonyl (C=O) groups excluding carboxylic acids is 2. The van der Waals surface area contributed by atoms with Gasteiger partial charge in [-0.3, -0.25) is 9.59 Å². The second-order valence-electron chi connectivity index (χ2n) is 6.30. The predicted octanol–water partition coefficient (Wildman–Crippen LogP) is 1.30. The third kappa shape index (κ3) is 2.73. The summed E-state index contributed by atoms with van der Waals surface area (Å²) in [5.41, 5.74) is 7.78. The maximum absolute atomic E-state index is 12.7. The van der Waals surface area contributed by atoms with E-state index < -0.39 is 0 Å². The topological polar surface area (TPSA) is 66.6 Å². The van der Waals surface area contributed by atoms with Gasteiger partial charge < -0.3 is 15.5 Å². The highest BCUT2D eigenvalue weighted by Crippen LogP contribution is 2.28. The molecule has 22 heavy (non-hydrogen) atoms. The molecule has 0 aromatic heterocycles. The van der Waals surface area contributed by atoms with Crippen molar-refractivity contribution in [1.82, 2.24) is 4.90 Å². The van der Waals surface area contributed by atoms with Crippen LogP contribution in [0.1, 0.15) is 24.8 Å². The zero-order valence-electron chi connectivity index (χ0n) is 13.0. The summed E-state index contributed by atoms with van der Waals surface area (Å²) in [4.78, 5) is 28.6. The molecule has 0 bridgehead atoms. The molecule has 0 saturated carbocycles. The van der Waals surface area contributed by atoms with E-state index in [1.54, 1.807) is 4.90 Å². The van der Waals surface area contributed by atoms with Crippen LogP contribution in [0.3, 0.4) is 0 Å². The Labute approximate surface area is 131 Å². The fraction of sp³-hybridized carbons (Fsp3) is 0.529. The predicted molar refractivity (Wildman–Crippen MR) is 85.4 cm³/mol. The fourth-order valence-electron chi connectivity index (χ4n) is 3.45. The maximum atomic E-state index is 12.7. The first-order valence-electron chi connectivity index (χ1n) is 7.97. The van der Waals surface area contributed by atoms with Crippen molar-refractivity contribution in [2.24, 2.45) is 11.7 Å². The fourth-order valence-corrected chi connectivity index (χ4v) is 3.45. The van der Waals surface area contributed by atoms with Gasteiger partial charge in [0.2, 0.25) is 11.8 Å². The normalized spacial score (nSPS) is 25.1. The second kappa shape index (κ2) is 6.08. The molecule has 0 spiro atoms. The highest BCUT2D eigenvalue weighted by Gasteiger charge is 2.39. The van der Waals surface area contributed by atoms with Crippen LogP contribution in [0.4, 0.5) is 5.69 Å². The molecular formula is C17H23N3O2. The lowest BCUT2D eigenvalue weighted by atomic mass is 10.1. The summed E-state index contributed by atoms with van der Waals surface area (Å²) in [5.74, 6) is -0.109. The van der Waals surface area contributed by atoms with Gasteiger partial charge in [-0.05, 0) is 31.9 Å². The Morgan fingerprint density at radius 2 is 2.05 bits per heavy atom. The average Bonchev–Trinajstić information content (AvgIpc) is 3.14. The van der Waals surface area contributed by atoms with Gasteiger partial charge >= 0.3 is 0 Å². The van der Waals surface area contributed by atoms with Crippen LogP contribution in [0.25, 0.3) is 0 Å². The van der Waals surface area contributed by atoms with E-state index in [9.17, 15) is 9.59 Å². The van der Waals surface area contributed by atoms with Gasteiger partial charge in [-0.1, -0.05) is 17.7 Å². The minimum absolute atomic E-state index is 0.0331. The largest absolute Gasteiger partial charge is 0.338 e. The first kappa shape index (κ1) is 15.0. The Balaban J connectivity index is 1.71. The van der Waals surface area contributed by atoms with Gasteiger partial charge in [0.15, 0.2) is 0 Å². The number of hydrogen-bond donors (Lipinski definition) is 1. The molecule has 1 aromatic carbocycles. The second-order valence-corrected chi connectivity index (χ2v) is 6.30. The van der Waals surface area contributed by atoms with E-state index >= 15 is 0 Å². The minimum atomic E-state index is -0.235. The van der Waals surface area contributed by atoms with E-state index in [4.69, 9.17) is 5.73 Å². The molecule has 118 valence electrons. The van der Waals surface area contributed by atoms with E-state index in [0.29, 0.717) is 19.5 Å². The summed E-state index contributed by atoms with van der Waals surface area (Å²) in [5, 5.41) is 0. The van der Waals surface area contributed by atoms with Crippen LogP contribution in [-0.4, -0.2) is 42.4 Å². The molecule has 3 rings (SSSR count). The number of anilines is 1. The molecule has 2 saturated heterocycles. The summed E-state index contributed by atoms with van der Waals surface area (Å²) in [6, 6.07) is 8.01. The molecule has 2 aliphatic heterocycles. The van der Waals surface area contributed by atoms with Gasteiger partial charge in [0.25, 0.3) is 0 Å². The van der Waals surface area contributed by atoms with Crippen LogP contribution < -0.4 is 10.6 Å². The number of likely N-dealkylation sites (tertiary alicyclic amines) is 1. The van der Waals surface area contributed by atoms with Gasteiger partial charge in [-0.15, -0.1) is 0 Å². The number of nitrogens with zero attached hydrogens (tertiary/aromatic N) is 2. The van der Waals surface area contributed by atoms with Crippen molar-refractivity contribution < 1.29 is 9.59 Å². The molecule has 2 fully saturated rings. The molecule has 5 heteroatoms. The van der Waals surface area contributed by atoms with E-state index in [0.717, 1.165) is 30.6 Å². The van der Waals surface area contributed by atoms with Crippen molar-refractivity contribution in [3.8, 4) is 0 Å². The summed E-state index contributed by atoms with van der Waals surface area (Å²) in [6.07, 6.45) is 2.29. The Kier molecular flexibility index (Phi) is 4.16. The molecule has 2 amide bonds. The molecular weight excluding hydrogens is 278 g/mol. The number of amides is 2. The van der Waals surface area contributed by atoms with Gasteiger partial charge in [0.05, 0.1) is 5.92 Å². The molecule has 0 aliphatic carbocycles. The quantitative estimate of drug-likeness (QED) is 0.915. The van der Waals surface area contributed by atoms with Crippen LogP contribution in [0, 0.1) is 12.8 Å². The van der Waals surface area contributed by atoms with Gasteiger partial charge in [0, 0.05) is 37.8 Å². The lowest BCUT2D eigenvalue weighted by molar-refractivity contribution is -0.136. The molecule has 0 radical (unpaired) electrons. The summed E-state index contributed by atoms with van der Waals surface area (Å²) >= 11 is 0. The Bertz CT molecular complexity index is 570. The Hall–Kier alpha value is -1.88. The number of aryl methyl sites for hydroxylation is 1. The van der Waals surface area contributed by atoms with E-state index in [-0.39, 0.29) is 23.8 Å². The third-order valence-corrected chi connectivity index (χ3v) is 4.75. The Morgan fingerprint density at radius 1 is 1.32 bits per heavy atom. The maximum Gasteiger partial charge on any atom is 0.228 e. The molecule has 2 atom stereocenters.